The molecule has 0 saturated heterocycles. The van der Waals surface area contributed by atoms with Crippen LogP contribution in [0.5, 0.6) is 0 Å². The average molecular weight is 247 g/mol. The molecule has 0 spiro atoms. The zero-order valence-electron chi connectivity index (χ0n) is 9.91. The van der Waals surface area contributed by atoms with Gasteiger partial charge in [0.25, 0.3) is 0 Å². The van der Waals surface area contributed by atoms with Crippen molar-refractivity contribution in [2.45, 2.75) is 17.4 Å². The van der Waals surface area contributed by atoms with E-state index in [-0.39, 0.29) is 6.04 Å². The van der Waals surface area contributed by atoms with E-state index in [1.54, 1.807) is 11.8 Å². The van der Waals surface area contributed by atoms with E-state index >= 15 is 0 Å². The summed E-state index contributed by atoms with van der Waals surface area (Å²) in [6.07, 6.45) is 4.79. The first-order valence-electron chi connectivity index (χ1n) is 5.65. The molecule has 0 bridgehead atoms. The fourth-order valence-electron chi connectivity index (χ4n) is 1.66. The van der Waals surface area contributed by atoms with Crippen molar-refractivity contribution in [2.24, 2.45) is 12.8 Å². The van der Waals surface area contributed by atoms with E-state index in [2.05, 4.69) is 29.4 Å². The lowest BCUT2D eigenvalue weighted by Gasteiger charge is -2.09. The van der Waals surface area contributed by atoms with E-state index in [4.69, 9.17) is 5.73 Å². The molecule has 2 N–H and O–H groups in total. The van der Waals surface area contributed by atoms with E-state index in [0.29, 0.717) is 0 Å². The Kier molecular flexibility index (Phi) is 4.23. The molecule has 0 aliphatic carbocycles. The number of nitrogens with two attached hydrogens (primary N) is 1. The van der Waals surface area contributed by atoms with Crippen LogP contribution in [-0.4, -0.2) is 21.6 Å². The van der Waals surface area contributed by atoms with Gasteiger partial charge in [0.2, 0.25) is 0 Å². The molecule has 0 fully saturated rings. The third-order valence-corrected chi connectivity index (χ3v) is 3.66. The lowest BCUT2D eigenvalue weighted by atomic mass is 10.1. The molecular formula is C13H17N3S. The van der Waals surface area contributed by atoms with Crippen LogP contribution < -0.4 is 5.73 Å². The van der Waals surface area contributed by atoms with E-state index in [9.17, 15) is 0 Å². The van der Waals surface area contributed by atoms with Gasteiger partial charge in [-0.3, -0.25) is 4.68 Å². The normalized spacial score (nSPS) is 12.6. The van der Waals surface area contributed by atoms with Gasteiger partial charge in [-0.15, -0.1) is 11.8 Å². The minimum absolute atomic E-state index is 0.171. The molecule has 90 valence electrons. The van der Waals surface area contributed by atoms with Crippen molar-refractivity contribution < 1.29 is 0 Å². The van der Waals surface area contributed by atoms with E-state index in [0.717, 1.165) is 12.2 Å². The van der Waals surface area contributed by atoms with Crippen LogP contribution in [0.15, 0.2) is 47.6 Å². The van der Waals surface area contributed by atoms with Crippen LogP contribution in [0.2, 0.25) is 0 Å². The maximum atomic E-state index is 6.10. The van der Waals surface area contributed by atoms with Crippen molar-refractivity contribution >= 4 is 11.8 Å². The Hall–Kier alpha value is -1.26. The van der Waals surface area contributed by atoms with Gasteiger partial charge >= 0.3 is 0 Å². The fourth-order valence-corrected chi connectivity index (χ4v) is 2.53. The zero-order chi connectivity index (χ0) is 12.1. The van der Waals surface area contributed by atoms with Gasteiger partial charge in [-0.1, -0.05) is 18.2 Å². The van der Waals surface area contributed by atoms with Crippen LogP contribution in [0.3, 0.4) is 0 Å². The third kappa shape index (κ3) is 3.91. The van der Waals surface area contributed by atoms with E-state index < -0.39 is 0 Å². The minimum atomic E-state index is 0.171. The third-order valence-electron chi connectivity index (χ3n) is 2.46. The molecule has 2 rings (SSSR count). The first kappa shape index (κ1) is 12.2. The zero-order valence-corrected chi connectivity index (χ0v) is 10.7. The molecule has 0 aliphatic heterocycles. The van der Waals surface area contributed by atoms with Crippen LogP contribution in [0.4, 0.5) is 0 Å². The van der Waals surface area contributed by atoms with Gasteiger partial charge in [-0.2, -0.15) is 5.10 Å². The molecule has 4 heteroatoms. The number of nitrogens with zero attached hydrogens (tertiary/aromatic N) is 2. The summed E-state index contributed by atoms with van der Waals surface area (Å²) in [5.74, 6) is 0.929. The van der Waals surface area contributed by atoms with Crippen LogP contribution in [0.1, 0.15) is 5.56 Å². The highest BCUT2D eigenvalue weighted by Gasteiger charge is 2.06. The summed E-state index contributed by atoms with van der Waals surface area (Å²) >= 11 is 1.80. The molecule has 1 aromatic carbocycles. The highest BCUT2D eigenvalue weighted by molar-refractivity contribution is 7.99. The van der Waals surface area contributed by atoms with Crippen molar-refractivity contribution in [2.75, 3.05) is 5.75 Å². The number of rotatable bonds is 5. The van der Waals surface area contributed by atoms with Crippen molar-refractivity contribution in [3.05, 3.63) is 48.3 Å². The van der Waals surface area contributed by atoms with Gasteiger partial charge in [-0.05, 0) is 24.1 Å². The van der Waals surface area contributed by atoms with Gasteiger partial charge < -0.3 is 5.73 Å². The second-order valence-electron chi connectivity index (χ2n) is 4.11. The molecule has 0 radical (unpaired) electrons. The fraction of sp³-hybridized carbons (Fsp3) is 0.308. The number of aryl methyl sites for hydroxylation is 1. The number of hydrogen-bond acceptors (Lipinski definition) is 3. The topological polar surface area (TPSA) is 43.8 Å². The second-order valence-corrected chi connectivity index (χ2v) is 5.20. The molecule has 17 heavy (non-hydrogen) atoms. The standard InChI is InChI=1S/C13H17N3S/c1-16-9-11(8-15-16)7-12(14)10-17-13-5-3-2-4-6-13/h2-6,8-9,12H,7,10,14H2,1H3. The van der Waals surface area contributed by atoms with Crippen molar-refractivity contribution in [1.29, 1.82) is 0 Å². The summed E-state index contributed by atoms with van der Waals surface area (Å²) in [7, 11) is 1.92. The quantitative estimate of drug-likeness (QED) is 0.823. The Bertz CT molecular complexity index is 453. The Morgan fingerprint density at radius 1 is 1.35 bits per heavy atom. The molecular weight excluding hydrogens is 230 g/mol. The second kappa shape index (κ2) is 5.89. The predicted octanol–water partition coefficient (Wildman–Crippen LogP) is 2.08. The van der Waals surface area contributed by atoms with Crippen molar-refractivity contribution in [1.82, 2.24) is 9.78 Å². The lowest BCUT2D eigenvalue weighted by Crippen LogP contribution is -2.25. The molecule has 0 saturated carbocycles. The van der Waals surface area contributed by atoms with Crippen LogP contribution in [0.25, 0.3) is 0 Å². The summed E-state index contributed by atoms with van der Waals surface area (Å²) in [5, 5.41) is 4.14. The van der Waals surface area contributed by atoms with Crippen LogP contribution >= 0.6 is 11.8 Å². The minimum Gasteiger partial charge on any atom is -0.327 e. The largest absolute Gasteiger partial charge is 0.327 e. The summed E-state index contributed by atoms with van der Waals surface area (Å²) in [6, 6.07) is 10.5. The number of aromatic nitrogens is 2. The molecule has 1 atom stereocenters. The molecule has 3 nitrogen and oxygen atoms in total. The van der Waals surface area contributed by atoms with Crippen molar-refractivity contribution in [3.63, 3.8) is 0 Å². The Balaban J connectivity index is 1.80. The highest BCUT2D eigenvalue weighted by Crippen LogP contribution is 2.18. The monoisotopic (exact) mass is 247 g/mol. The molecule has 1 heterocycles. The Labute approximate surface area is 106 Å². The maximum Gasteiger partial charge on any atom is 0.0522 e. The smallest absolute Gasteiger partial charge is 0.0522 e. The van der Waals surface area contributed by atoms with Gasteiger partial charge in [0, 0.05) is 29.9 Å². The van der Waals surface area contributed by atoms with Gasteiger partial charge in [0.1, 0.15) is 0 Å². The van der Waals surface area contributed by atoms with E-state index in [1.807, 2.05) is 30.2 Å². The summed E-state index contributed by atoms with van der Waals surface area (Å²) in [6.45, 7) is 0. The Morgan fingerprint density at radius 3 is 2.76 bits per heavy atom. The first-order chi connectivity index (χ1) is 8.24. The van der Waals surface area contributed by atoms with Gasteiger partial charge in [0.15, 0.2) is 0 Å². The highest BCUT2D eigenvalue weighted by atomic mass is 32.2. The summed E-state index contributed by atoms with van der Waals surface area (Å²) < 4.78 is 1.81. The van der Waals surface area contributed by atoms with Gasteiger partial charge in [-0.25, -0.2) is 0 Å². The molecule has 1 aromatic heterocycles. The lowest BCUT2D eigenvalue weighted by molar-refractivity contribution is 0.743. The summed E-state index contributed by atoms with van der Waals surface area (Å²) in [4.78, 5) is 1.27. The number of thioether (sulfide) groups is 1. The van der Waals surface area contributed by atoms with E-state index in [1.165, 1.54) is 10.5 Å². The number of benzene rings is 1. The maximum absolute atomic E-state index is 6.10. The molecule has 2 aromatic rings. The Morgan fingerprint density at radius 2 is 2.12 bits per heavy atom. The molecule has 0 aliphatic rings. The van der Waals surface area contributed by atoms with Crippen LogP contribution in [-0.2, 0) is 13.5 Å². The average Bonchev–Trinajstić information content (AvgIpc) is 2.73. The summed E-state index contributed by atoms with van der Waals surface area (Å²) in [5.41, 5.74) is 7.31. The predicted molar refractivity (Wildman–Crippen MR) is 72.1 cm³/mol. The van der Waals surface area contributed by atoms with Crippen molar-refractivity contribution in [3.8, 4) is 0 Å². The molecule has 0 amide bonds. The number of hydrogen-bond donors (Lipinski definition) is 1. The van der Waals surface area contributed by atoms with Crippen LogP contribution in [0, 0.1) is 0 Å². The first-order valence-corrected chi connectivity index (χ1v) is 6.63. The SMILES string of the molecule is Cn1cc(CC(N)CSc2ccccc2)cn1. The van der Waals surface area contributed by atoms with Gasteiger partial charge in [0.05, 0.1) is 6.20 Å². The molecule has 1 unspecified atom stereocenters.